The molecule has 0 aromatic heterocycles. The van der Waals surface area contributed by atoms with Crippen LogP contribution in [0.3, 0.4) is 0 Å². The zero-order valence-corrected chi connectivity index (χ0v) is 11.5. The van der Waals surface area contributed by atoms with Gasteiger partial charge in [0.1, 0.15) is 5.82 Å². The van der Waals surface area contributed by atoms with E-state index in [2.05, 4.69) is 15.9 Å². The third kappa shape index (κ3) is 2.29. The van der Waals surface area contributed by atoms with Crippen LogP contribution >= 0.6 is 15.9 Å². The largest absolute Gasteiger partial charge is 0.481 e. The number of hydrogen-bond acceptors (Lipinski definition) is 2. The van der Waals surface area contributed by atoms with Crippen molar-refractivity contribution in [3.8, 4) is 0 Å². The Morgan fingerprint density at radius 1 is 1.67 bits per heavy atom. The molecule has 0 spiro atoms. The maximum Gasteiger partial charge on any atom is 0.312 e. The molecule has 0 amide bonds. The van der Waals surface area contributed by atoms with Gasteiger partial charge in [0.15, 0.2) is 0 Å². The van der Waals surface area contributed by atoms with Crippen LogP contribution in [0.15, 0.2) is 22.7 Å². The van der Waals surface area contributed by atoms with Crippen LogP contribution in [0.5, 0.6) is 0 Å². The van der Waals surface area contributed by atoms with Crippen LogP contribution in [0, 0.1) is 11.2 Å². The van der Waals surface area contributed by atoms with Crippen molar-refractivity contribution in [3.05, 3.63) is 34.1 Å². The molecule has 0 aliphatic carbocycles. The molecular formula is C13H14BrFO3. The van der Waals surface area contributed by atoms with E-state index in [-0.39, 0.29) is 11.9 Å². The van der Waals surface area contributed by atoms with Gasteiger partial charge < -0.3 is 9.84 Å². The highest BCUT2D eigenvalue weighted by Crippen LogP contribution is 2.40. The molecular weight excluding hydrogens is 303 g/mol. The molecule has 5 heteroatoms. The van der Waals surface area contributed by atoms with Crippen LogP contribution in [-0.4, -0.2) is 23.8 Å². The van der Waals surface area contributed by atoms with Gasteiger partial charge in [0.25, 0.3) is 0 Å². The molecule has 1 aromatic carbocycles. The molecule has 0 radical (unpaired) electrons. The molecule has 98 valence electrons. The van der Waals surface area contributed by atoms with Crippen molar-refractivity contribution in [1.29, 1.82) is 0 Å². The Kier molecular flexibility index (Phi) is 3.73. The smallest absolute Gasteiger partial charge is 0.312 e. The Hall–Kier alpha value is -0.940. The minimum absolute atomic E-state index is 0.338. The van der Waals surface area contributed by atoms with Gasteiger partial charge in [-0.3, -0.25) is 4.79 Å². The number of benzene rings is 1. The van der Waals surface area contributed by atoms with Crippen molar-refractivity contribution >= 4 is 21.9 Å². The number of carboxylic acids is 1. The molecule has 1 aliphatic heterocycles. The standard InChI is InChI=1S/C13H14BrFO3/c1-8-13(12(16)17,4-5-18-8)7-9-2-3-10(15)6-11(9)14/h2-3,6,8H,4-5,7H2,1H3,(H,16,17). The lowest BCUT2D eigenvalue weighted by molar-refractivity contribution is -0.151. The molecule has 1 aromatic rings. The lowest BCUT2D eigenvalue weighted by atomic mass is 9.76. The molecule has 18 heavy (non-hydrogen) atoms. The van der Waals surface area contributed by atoms with Gasteiger partial charge in [-0.05, 0) is 37.5 Å². The summed E-state index contributed by atoms with van der Waals surface area (Å²) >= 11 is 3.27. The summed E-state index contributed by atoms with van der Waals surface area (Å²) in [5, 5.41) is 9.47. The number of halogens is 2. The molecule has 2 atom stereocenters. The molecule has 1 aliphatic rings. The molecule has 0 saturated carbocycles. The maximum atomic E-state index is 13.0. The monoisotopic (exact) mass is 316 g/mol. The van der Waals surface area contributed by atoms with E-state index in [1.54, 1.807) is 13.0 Å². The van der Waals surface area contributed by atoms with Gasteiger partial charge in [-0.25, -0.2) is 4.39 Å². The van der Waals surface area contributed by atoms with E-state index in [1.165, 1.54) is 12.1 Å². The van der Waals surface area contributed by atoms with E-state index in [1.807, 2.05) is 0 Å². The van der Waals surface area contributed by atoms with E-state index >= 15 is 0 Å². The van der Waals surface area contributed by atoms with Crippen molar-refractivity contribution in [2.45, 2.75) is 25.9 Å². The fourth-order valence-electron chi connectivity index (χ4n) is 2.37. The summed E-state index contributed by atoms with van der Waals surface area (Å²) in [5.74, 6) is -1.20. The highest BCUT2D eigenvalue weighted by atomic mass is 79.9. The fourth-order valence-corrected chi connectivity index (χ4v) is 2.87. The Balaban J connectivity index is 2.32. The Morgan fingerprint density at radius 2 is 2.39 bits per heavy atom. The van der Waals surface area contributed by atoms with Crippen LogP contribution in [0.1, 0.15) is 18.9 Å². The SMILES string of the molecule is CC1OCCC1(Cc1ccc(F)cc1Br)C(=O)O. The molecule has 1 fully saturated rings. The van der Waals surface area contributed by atoms with Crippen LogP contribution in [-0.2, 0) is 16.0 Å². The third-order valence-corrected chi connectivity index (χ3v) is 4.38. The molecule has 0 bridgehead atoms. The summed E-state index contributed by atoms with van der Waals surface area (Å²) in [5.41, 5.74) is -0.128. The van der Waals surface area contributed by atoms with Gasteiger partial charge in [-0.15, -0.1) is 0 Å². The number of ether oxygens (including phenoxy) is 1. The Bertz CT molecular complexity index is 477. The first-order valence-corrected chi connectivity index (χ1v) is 6.54. The van der Waals surface area contributed by atoms with Crippen molar-refractivity contribution in [1.82, 2.24) is 0 Å². The summed E-state index contributed by atoms with van der Waals surface area (Å²) < 4.78 is 19.0. The second-order valence-electron chi connectivity index (χ2n) is 4.64. The van der Waals surface area contributed by atoms with Gasteiger partial charge in [0.05, 0.1) is 11.5 Å². The van der Waals surface area contributed by atoms with Gasteiger partial charge in [-0.2, -0.15) is 0 Å². The van der Waals surface area contributed by atoms with E-state index in [9.17, 15) is 14.3 Å². The highest BCUT2D eigenvalue weighted by molar-refractivity contribution is 9.10. The molecule has 2 rings (SSSR count). The lowest BCUT2D eigenvalue weighted by Gasteiger charge is -2.27. The number of rotatable bonds is 3. The minimum Gasteiger partial charge on any atom is -0.481 e. The minimum atomic E-state index is -0.916. The number of carbonyl (C=O) groups is 1. The first-order valence-electron chi connectivity index (χ1n) is 5.74. The molecule has 2 unspecified atom stereocenters. The first kappa shape index (κ1) is 13.5. The zero-order chi connectivity index (χ0) is 13.3. The second-order valence-corrected chi connectivity index (χ2v) is 5.49. The number of aliphatic carboxylic acids is 1. The van der Waals surface area contributed by atoms with Crippen molar-refractivity contribution in [2.24, 2.45) is 5.41 Å². The van der Waals surface area contributed by atoms with Crippen molar-refractivity contribution in [2.75, 3.05) is 6.61 Å². The molecule has 1 N–H and O–H groups in total. The van der Waals surface area contributed by atoms with E-state index < -0.39 is 11.4 Å². The molecule has 1 heterocycles. The summed E-state index contributed by atoms with van der Waals surface area (Å²) in [6.07, 6.45) is 0.476. The van der Waals surface area contributed by atoms with Crippen LogP contribution in [0.4, 0.5) is 4.39 Å². The zero-order valence-electron chi connectivity index (χ0n) is 9.95. The summed E-state index contributed by atoms with van der Waals surface area (Å²) in [4.78, 5) is 11.5. The van der Waals surface area contributed by atoms with Crippen molar-refractivity contribution < 1.29 is 19.0 Å². The number of carboxylic acid groups (broad SMARTS) is 1. The first-order chi connectivity index (χ1) is 8.45. The van der Waals surface area contributed by atoms with Gasteiger partial charge in [0.2, 0.25) is 0 Å². The quantitative estimate of drug-likeness (QED) is 0.932. The lowest BCUT2D eigenvalue weighted by Crippen LogP contribution is -2.39. The van der Waals surface area contributed by atoms with Crippen LogP contribution in [0.25, 0.3) is 0 Å². The maximum absolute atomic E-state index is 13.0. The van der Waals surface area contributed by atoms with Gasteiger partial charge in [0, 0.05) is 11.1 Å². The Labute approximate surface area is 113 Å². The fraction of sp³-hybridized carbons (Fsp3) is 0.462. The van der Waals surface area contributed by atoms with Gasteiger partial charge >= 0.3 is 5.97 Å². The molecule has 1 saturated heterocycles. The topological polar surface area (TPSA) is 46.5 Å². The van der Waals surface area contributed by atoms with Crippen LogP contribution in [0.2, 0.25) is 0 Å². The molecule has 3 nitrogen and oxygen atoms in total. The highest BCUT2D eigenvalue weighted by Gasteiger charge is 2.48. The van der Waals surface area contributed by atoms with Crippen LogP contribution < -0.4 is 0 Å². The third-order valence-electron chi connectivity index (χ3n) is 3.64. The van der Waals surface area contributed by atoms with Crippen molar-refractivity contribution in [3.63, 3.8) is 0 Å². The van der Waals surface area contributed by atoms with E-state index in [0.717, 1.165) is 5.56 Å². The Morgan fingerprint density at radius 3 is 2.89 bits per heavy atom. The average Bonchev–Trinajstić information content (AvgIpc) is 2.65. The predicted molar refractivity (Wildman–Crippen MR) is 67.9 cm³/mol. The summed E-state index contributed by atoms with van der Waals surface area (Å²) in [6.45, 7) is 2.23. The summed E-state index contributed by atoms with van der Waals surface area (Å²) in [6, 6.07) is 4.32. The normalized spacial score (nSPS) is 27.4. The number of hydrogen-bond donors (Lipinski definition) is 1. The van der Waals surface area contributed by atoms with Gasteiger partial charge in [-0.1, -0.05) is 22.0 Å². The average molecular weight is 317 g/mol. The van der Waals surface area contributed by atoms with E-state index in [0.29, 0.717) is 23.9 Å². The van der Waals surface area contributed by atoms with E-state index in [4.69, 9.17) is 4.74 Å². The second kappa shape index (κ2) is 4.97. The summed E-state index contributed by atoms with van der Waals surface area (Å²) in [7, 11) is 0. The predicted octanol–water partition coefficient (Wildman–Crippen LogP) is 3.01.